The van der Waals surface area contributed by atoms with E-state index < -0.39 is 0 Å². The Hall–Kier alpha value is -3.37. The van der Waals surface area contributed by atoms with Crippen molar-refractivity contribution >= 4 is 40.8 Å². The maximum atomic E-state index is 13.1. The number of hydrogen-bond acceptors (Lipinski definition) is 7. The van der Waals surface area contributed by atoms with Crippen molar-refractivity contribution in [2.24, 2.45) is 5.92 Å². The molecular formula is C26H31Cl2N7O3. The van der Waals surface area contributed by atoms with Crippen LogP contribution in [-0.4, -0.2) is 69.0 Å². The van der Waals surface area contributed by atoms with E-state index in [0.29, 0.717) is 55.1 Å². The van der Waals surface area contributed by atoms with Crippen molar-refractivity contribution in [2.45, 2.75) is 39.3 Å². The van der Waals surface area contributed by atoms with Gasteiger partial charge in [-0.1, -0.05) is 43.1 Å². The van der Waals surface area contributed by atoms with Gasteiger partial charge in [-0.05, 0) is 23.6 Å². The zero-order valence-corrected chi connectivity index (χ0v) is 23.1. The lowest BCUT2D eigenvalue weighted by Crippen LogP contribution is -2.56. The van der Waals surface area contributed by atoms with Crippen LogP contribution in [0.2, 0.25) is 10.2 Å². The minimum Gasteiger partial charge on any atom is -0.495 e. The molecule has 0 aliphatic carbocycles. The first kappa shape index (κ1) is 27.7. The number of imidazole rings is 1. The van der Waals surface area contributed by atoms with Gasteiger partial charge in [0.2, 0.25) is 17.8 Å². The number of hydrogen-bond donors (Lipinski definition) is 1. The number of halogens is 2. The van der Waals surface area contributed by atoms with Crippen LogP contribution in [-0.2, 0) is 16.1 Å². The minimum atomic E-state index is -0.305. The molecule has 0 spiro atoms. The Morgan fingerprint density at radius 3 is 2.68 bits per heavy atom. The van der Waals surface area contributed by atoms with Gasteiger partial charge in [0.15, 0.2) is 0 Å². The lowest BCUT2D eigenvalue weighted by Gasteiger charge is -2.42. The molecule has 1 aliphatic heterocycles. The van der Waals surface area contributed by atoms with Gasteiger partial charge in [0, 0.05) is 57.5 Å². The number of methoxy groups -OCH3 is 1. The van der Waals surface area contributed by atoms with Crippen molar-refractivity contribution in [2.75, 3.05) is 31.6 Å². The van der Waals surface area contributed by atoms with Crippen LogP contribution in [0.25, 0.3) is 5.95 Å². The lowest BCUT2D eigenvalue weighted by molar-refractivity contribution is -0.133. The first-order valence-corrected chi connectivity index (χ1v) is 13.2. The fourth-order valence-electron chi connectivity index (χ4n) is 4.38. The highest BCUT2D eigenvalue weighted by molar-refractivity contribution is 6.32. The molecule has 12 heteroatoms. The van der Waals surface area contributed by atoms with Crippen LogP contribution in [0.15, 0.2) is 43.0 Å². The van der Waals surface area contributed by atoms with Gasteiger partial charge in [0.05, 0.1) is 18.2 Å². The second-order valence-electron chi connectivity index (χ2n) is 9.55. The van der Waals surface area contributed by atoms with Crippen molar-refractivity contribution in [1.82, 2.24) is 29.7 Å². The van der Waals surface area contributed by atoms with E-state index in [9.17, 15) is 9.59 Å². The Morgan fingerprint density at radius 2 is 2.00 bits per heavy atom. The normalized spacial score (nSPS) is 15.6. The number of nitrogens with zero attached hydrogens (tertiary/aromatic N) is 6. The number of anilines is 1. The topological polar surface area (TPSA) is 105 Å². The molecule has 0 radical (unpaired) electrons. The molecule has 2 amide bonds. The molecule has 10 nitrogen and oxygen atoms in total. The molecule has 202 valence electrons. The van der Waals surface area contributed by atoms with Gasteiger partial charge in [-0.15, -0.1) is 0 Å². The summed E-state index contributed by atoms with van der Waals surface area (Å²) in [6.45, 7) is 5.78. The van der Waals surface area contributed by atoms with Gasteiger partial charge in [-0.3, -0.25) is 14.2 Å². The highest BCUT2D eigenvalue weighted by Gasteiger charge is 2.32. The van der Waals surface area contributed by atoms with E-state index in [0.717, 1.165) is 5.56 Å². The van der Waals surface area contributed by atoms with Crippen molar-refractivity contribution in [3.05, 3.63) is 58.7 Å². The molecule has 1 fully saturated rings. The quantitative estimate of drug-likeness (QED) is 0.398. The Morgan fingerprint density at radius 1 is 1.18 bits per heavy atom. The predicted octanol–water partition coefficient (Wildman–Crippen LogP) is 3.75. The van der Waals surface area contributed by atoms with Crippen LogP contribution in [0.1, 0.15) is 32.3 Å². The maximum absolute atomic E-state index is 13.1. The van der Waals surface area contributed by atoms with Gasteiger partial charge >= 0.3 is 0 Å². The van der Waals surface area contributed by atoms with E-state index in [1.54, 1.807) is 48.6 Å². The van der Waals surface area contributed by atoms with Crippen LogP contribution in [0.5, 0.6) is 5.75 Å². The molecule has 38 heavy (non-hydrogen) atoms. The second-order valence-corrected chi connectivity index (χ2v) is 10.3. The Balaban J connectivity index is 1.52. The SMILES string of the molecule is COc1ccc(CNC(=O)CC2CN(C(=O)CC(C)C)CCN2c2cc(Cl)nc(-n3ccnc3)n2)cc1Cl. The predicted molar refractivity (Wildman–Crippen MR) is 146 cm³/mol. The summed E-state index contributed by atoms with van der Waals surface area (Å²) in [5.74, 6) is 1.71. The summed E-state index contributed by atoms with van der Waals surface area (Å²) in [5.41, 5.74) is 0.853. The summed E-state index contributed by atoms with van der Waals surface area (Å²) in [6.07, 6.45) is 5.58. The third kappa shape index (κ3) is 6.93. The van der Waals surface area contributed by atoms with E-state index in [4.69, 9.17) is 27.9 Å². The summed E-state index contributed by atoms with van der Waals surface area (Å²) < 4.78 is 6.86. The average Bonchev–Trinajstić information content (AvgIpc) is 3.42. The van der Waals surface area contributed by atoms with Crippen molar-refractivity contribution in [3.63, 3.8) is 0 Å². The lowest BCUT2D eigenvalue weighted by atomic mass is 10.0. The third-order valence-electron chi connectivity index (χ3n) is 6.24. The number of benzene rings is 1. The molecule has 2 aromatic heterocycles. The van der Waals surface area contributed by atoms with E-state index in [-0.39, 0.29) is 35.3 Å². The highest BCUT2D eigenvalue weighted by Crippen LogP contribution is 2.26. The largest absolute Gasteiger partial charge is 0.495 e. The van der Waals surface area contributed by atoms with Gasteiger partial charge in [0.25, 0.3) is 0 Å². The molecule has 1 aliphatic rings. The summed E-state index contributed by atoms with van der Waals surface area (Å²) in [7, 11) is 1.55. The third-order valence-corrected chi connectivity index (χ3v) is 6.73. The van der Waals surface area contributed by atoms with Gasteiger partial charge in [-0.2, -0.15) is 4.98 Å². The van der Waals surface area contributed by atoms with Crippen LogP contribution >= 0.6 is 23.2 Å². The van der Waals surface area contributed by atoms with Crippen LogP contribution < -0.4 is 15.0 Å². The second kappa shape index (κ2) is 12.4. The summed E-state index contributed by atoms with van der Waals surface area (Å²) in [6, 6.07) is 6.76. The maximum Gasteiger partial charge on any atom is 0.238 e. The zero-order valence-electron chi connectivity index (χ0n) is 21.6. The van der Waals surface area contributed by atoms with Crippen LogP contribution in [0.4, 0.5) is 5.82 Å². The number of amides is 2. The first-order chi connectivity index (χ1) is 18.2. The fourth-order valence-corrected chi connectivity index (χ4v) is 4.83. The van der Waals surface area contributed by atoms with Crippen LogP contribution in [0.3, 0.4) is 0 Å². The molecule has 0 bridgehead atoms. The molecule has 1 unspecified atom stereocenters. The molecule has 1 atom stereocenters. The average molecular weight is 560 g/mol. The number of ether oxygens (including phenoxy) is 1. The van der Waals surface area contributed by atoms with Crippen molar-refractivity contribution in [3.8, 4) is 11.7 Å². The Labute approximate surface area is 231 Å². The molecule has 4 rings (SSSR count). The van der Waals surface area contributed by atoms with E-state index in [1.165, 1.54) is 0 Å². The smallest absolute Gasteiger partial charge is 0.238 e. The van der Waals surface area contributed by atoms with Crippen LogP contribution in [0, 0.1) is 5.92 Å². The summed E-state index contributed by atoms with van der Waals surface area (Å²) >= 11 is 12.6. The number of nitrogens with one attached hydrogen (secondary N) is 1. The molecule has 1 saturated heterocycles. The van der Waals surface area contributed by atoms with Gasteiger partial charge in [-0.25, -0.2) is 9.97 Å². The summed E-state index contributed by atoms with van der Waals surface area (Å²) in [4.78, 5) is 42.8. The molecule has 3 aromatic rings. The van der Waals surface area contributed by atoms with Gasteiger partial charge < -0.3 is 19.9 Å². The summed E-state index contributed by atoms with van der Waals surface area (Å²) in [5, 5.41) is 3.72. The number of carbonyl (C=O) groups is 2. The van der Waals surface area contributed by atoms with E-state index in [1.807, 2.05) is 29.7 Å². The number of rotatable bonds is 9. The van der Waals surface area contributed by atoms with Crippen molar-refractivity contribution < 1.29 is 14.3 Å². The Kier molecular flexibility index (Phi) is 9.06. The first-order valence-electron chi connectivity index (χ1n) is 12.4. The fraction of sp³-hybridized carbons (Fsp3) is 0.423. The molecule has 1 N–H and O–H groups in total. The molecule has 1 aromatic carbocycles. The number of aromatic nitrogens is 4. The Bertz CT molecular complexity index is 1270. The standard InChI is InChI=1S/C26H31Cl2N7O3/c1-17(2)10-25(37)33-8-9-35(23-13-22(28)31-26(32-23)34-7-6-29-16-34)19(15-33)12-24(36)30-14-18-4-5-21(38-3)20(27)11-18/h4-7,11,13,16-17,19H,8-10,12,14-15H2,1-3H3,(H,30,36). The van der Waals surface area contributed by atoms with E-state index >= 15 is 0 Å². The zero-order chi connectivity index (χ0) is 27.2. The minimum absolute atomic E-state index is 0.0813. The van der Waals surface area contributed by atoms with Gasteiger partial charge in [0.1, 0.15) is 23.0 Å². The number of carbonyl (C=O) groups excluding carboxylic acids is 2. The van der Waals surface area contributed by atoms with Crippen molar-refractivity contribution in [1.29, 1.82) is 0 Å². The molecule has 0 saturated carbocycles. The molecular weight excluding hydrogens is 529 g/mol. The molecule has 3 heterocycles. The highest BCUT2D eigenvalue weighted by atomic mass is 35.5. The van der Waals surface area contributed by atoms with E-state index in [2.05, 4.69) is 20.3 Å². The monoisotopic (exact) mass is 559 g/mol. The number of piperazine rings is 1.